The van der Waals surface area contributed by atoms with Gasteiger partial charge in [0, 0.05) is 12.7 Å². The van der Waals surface area contributed by atoms with E-state index in [-0.39, 0.29) is 30.1 Å². The predicted molar refractivity (Wildman–Crippen MR) is 107 cm³/mol. The molecule has 2 heterocycles. The molecule has 0 saturated carbocycles. The number of amides is 2. The van der Waals surface area contributed by atoms with E-state index in [4.69, 9.17) is 10.5 Å². The highest BCUT2D eigenvalue weighted by Gasteiger charge is 2.15. The quantitative estimate of drug-likeness (QED) is 0.456. The van der Waals surface area contributed by atoms with Crippen molar-refractivity contribution in [3.05, 3.63) is 40.3 Å². The SMILES string of the molecule is CCCCOc1nc(N)c2[nH]c(=O)n(Cc3ccc(NC(=O)NC)cc3)c2n1. The molecule has 10 nitrogen and oxygen atoms in total. The second kappa shape index (κ2) is 8.42. The number of imidazole rings is 1. The molecule has 0 unspecified atom stereocenters. The number of fused-ring (bicyclic) bond motifs is 1. The number of hydrogen-bond acceptors (Lipinski definition) is 6. The van der Waals surface area contributed by atoms with Crippen molar-refractivity contribution >= 4 is 28.7 Å². The molecule has 0 saturated heterocycles. The van der Waals surface area contributed by atoms with Crippen molar-refractivity contribution in [2.24, 2.45) is 0 Å². The zero-order valence-corrected chi connectivity index (χ0v) is 15.8. The smallest absolute Gasteiger partial charge is 0.328 e. The number of rotatable bonds is 7. The summed E-state index contributed by atoms with van der Waals surface area (Å²) in [6.45, 7) is 2.82. The Kier molecular flexibility index (Phi) is 5.78. The minimum Gasteiger partial charge on any atom is -0.463 e. The molecule has 2 aromatic heterocycles. The molecule has 0 spiro atoms. The largest absolute Gasteiger partial charge is 0.463 e. The zero-order valence-electron chi connectivity index (χ0n) is 15.8. The lowest BCUT2D eigenvalue weighted by atomic mass is 10.2. The van der Waals surface area contributed by atoms with Crippen LogP contribution in [0, 0.1) is 0 Å². The van der Waals surface area contributed by atoms with Gasteiger partial charge in [-0.25, -0.2) is 9.59 Å². The Morgan fingerprint density at radius 2 is 2.04 bits per heavy atom. The summed E-state index contributed by atoms with van der Waals surface area (Å²) in [5, 5.41) is 5.16. The maximum Gasteiger partial charge on any atom is 0.328 e. The van der Waals surface area contributed by atoms with Gasteiger partial charge in [0.2, 0.25) is 0 Å². The van der Waals surface area contributed by atoms with Crippen molar-refractivity contribution in [1.29, 1.82) is 0 Å². The highest BCUT2D eigenvalue weighted by molar-refractivity contribution is 5.89. The molecule has 1 aromatic carbocycles. The number of ether oxygens (including phenoxy) is 1. The van der Waals surface area contributed by atoms with Gasteiger partial charge in [0.25, 0.3) is 0 Å². The Morgan fingerprint density at radius 1 is 1.29 bits per heavy atom. The van der Waals surface area contributed by atoms with Gasteiger partial charge in [-0.1, -0.05) is 25.5 Å². The van der Waals surface area contributed by atoms with Crippen molar-refractivity contribution in [2.75, 3.05) is 24.7 Å². The van der Waals surface area contributed by atoms with Crippen LogP contribution in [-0.4, -0.2) is 39.2 Å². The van der Waals surface area contributed by atoms with Crippen LogP contribution in [0.2, 0.25) is 0 Å². The Labute approximate surface area is 161 Å². The molecule has 0 aliphatic rings. The first-order valence-electron chi connectivity index (χ1n) is 8.98. The number of unbranched alkanes of at least 4 members (excludes halogenated alkanes) is 1. The van der Waals surface area contributed by atoms with Crippen molar-refractivity contribution < 1.29 is 9.53 Å². The van der Waals surface area contributed by atoms with Crippen LogP contribution in [0.15, 0.2) is 29.1 Å². The van der Waals surface area contributed by atoms with E-state index in [1.807, 2.05) is 12.1 Å². The summed E-state index contributed by atoms with van der Waals surface area (Å²) in [5.74, 6) is 0.164. The summed E-state index contributed by atoms with van der Waals surface area (Å²) in [7, 11) is 1.54. The Balaban J connectivity index is 1.86. The van der Waals surface area contributed by atoms with Crippen molar-refractivity contribution in [2.45, 2.75) is 26.3 Å². The third kappa shape index (κ3) is 4.22. The van der Waals surface area contributed by atoms with Gasteiger partial charge in [0.1, 0.15) is 5.52 Å². The summed E-state index contributed by atoms with van der Waals surface area (Å²) in [6, 6.07) is 7.00. The third-order valence-electron chi connectivity index (χ3n) is 4.14. The monoisotopic (exact) mass is 385 g/mol. The number of aromatic nitrogens is 4. The molecule has 3 rings (SSSR count). The van der Waals surface area contributed by atoms with Crippen molar-refractivity contribution in [3.63, 3.8) is 0 Å². The van der Waals surface area contributed by atoms with Gasteiger partial charge >= 0.3 is 17.7 Å². The van der Waals surface area contributed by atoms with E-state index in [1.54, 1.807) is 19.2 Å². The number of benzene rings is 1. The first-order chi connectivity index (χ1) is 13.5. The lowest BCUT2D eigenvalue weighted by Crippen LogP contribution is -2.24. The van der Waals surface area contributed by atoms with Gasteiger partial charge in [-0.05, 0) is 24.1 Å². The molecule has 148 valence electrons. The molecule has 0 radical (unpaired) electrons. The fourth-order valence-corrected chi connectivity index (χ4v) is 2.62. The van der Waals surface area contributed by atoms with E-state index in [1.165, 1.54) is 4.57 Å². The van der Waals surface area contributed by atoms with E-state index in [2.05, 4.69) is 32.5 Å². The molecule has 0 bridgehead atoms. The van der Waals surface area contributed by atoms with Crippen LogP contribution in [0.25, 0.3) is 11.2 Å². The minimum absolute atomic E-state index is 0.149. The molecule has 3 aromatic rings. The standard InChI is InChI=1S/C18H23N7O3/c1-3-4-9-28-17-23-14(19)13-15(24-17)25(18(27)22-13)10-11-5-7-12(8-6-11)21-16(26)20-2/h5-8H,3-4,9-10H2,1-2H3,(H,22,27)(H2,19,23,24)(H2,20,21,26). The zero-order chi connectivity index (χ0) is 20.1. The number of nitrogens with two attached hydrogens (primary N) is 1. The highest BCUT2D eigenvalue weighted by atomic mass is 16.5. The summed E-state index contributed by atoms with van der Waals surface area (Å²) in [6.07, 6.45) is 1.86. The van der Waals surface area contributed by atoms with Crippen molar-refractivity contribution in [1.82, 2.24) is 24.8 Å². The normalized spacial score (nSPS) is 10.8. The maximum atomic E-state index is 12.4. The first kappa shape index (κ1) is 19.2. The van der Waals surface area contributed by atoms with Gasteiger partial charge in [-0.15, -0.1) is 0 Å². The number of aromatic amines is 1. The molecule has 28 heavy (non-hydrogen) atoms. The molecule has 0 aliphatic heterocycles. The number of carbonyl (C=O) groups is 1. The van der Waals surface area contributed by atoms with Gasteiger partial charge in [0.15, 0.2) is 11.5 Å². The summed E-state index contributed by atoms with van der Waals surface area (Å²) >= 11 is 0. The third-order valence-corrected chi connectivity index (χ3v) is 4.14. The van der Waals surface area contributed by atoms with E-state index < -0.39 is 0 Å². The molecule has 0 atom stereocenters. The molecule has 10 heteroatoms. The average Bonchev–Trinajstić information content (AvgIpc) is 3.00. The topological polar surface area (TPSA) is 140 Å². The second-order valence-electron chi connectivity index (χ2n) is 6.21. The highest BCUT2D eigenvalue weighted by Crippen LogP contribution is 2.19. The Bertz CT molecular complexity index is 1020. The summed E-state index contributed by atoms with van der Waals surface area (Å²) in [5.41, 5.74) is 7.89. The minimum atomic E-state index is -0.339. The van der Waals surface area contributed by atoms with Gasteiger partial charge in [-0.3, -0.25) is 4.57 Å². The van der Waals surface area contributed by atoms with E-state index in [9.17, 15) is 9.59 Å². The van der Waals surface area contributed by atoms with Crippen LogP contribution < -0.4 is 26.8 Å². The Hall–Kier alpha value is -3.56. The second-order valence-corrected chi connectivity index (χ2v) is 6.21. The summed E-state index contributed by atoms with van der Waals surface area (Å²) < 4.78 is 7.01. The molecule has 0 fully saturated rings. The fourth-order valence-electron chi connectivity index (χ4n) is 2.62. The number of carbonyl (C=O) groups excluding carboxylic acids is 1. The van der Waals surface area contributed by atoms with E-state index in [0.29, 0.717) is 23.5 Å². The van der Waals surface area contributed by atoms with Crippen LogP contribution in [0.3, 0.4) is 0 Å². The lowest BCUT2D eigenvalue weighted by molar-refractivity contribution is 0.254. The van der Waals surface area contributed by atoms with Crippen LogP contribution >= 0.6 is 0 Å². The fraction of sp³-hybridized carbons (Fsp3) is 0.333. The number of nitrogens with one attached hydrogen (secondary N) is 3. The molecule has 0 aliphatic carbocycles. The maximum absolute atomic E-state index is 12.4. The number of hydrogen-bond donors (Lipinski definition) is 4. The van der Waals surface area contributed by atoms with Crippen LogP contribution in [0.5, 0.6) is 6.01 Å². The average molecular weight is 385 g/mol. The number of nitrogen functional groups attached to an aromatic ring is 1. The first-order valence-corrected chi connectivity index (χ1v) is 8.98. The number of nitrogens with zero attached hydrogens (tertiary/aromatic N) is 3. The van der Waals surface area contributed by atoms with Crippen LogP contribution in [0.1, 0.15) is 25.3 Å². The summed E-state index contributed by atoms with van der Waals surface area (Å²) in [4.78, 5) is 34.9. The molecule has 5 N–H and O–H groups in total. The number of anilines is 2. The molecular formula is C18H23N7O3. The molecular weight excluding hydrogens is 362 g/mol. The van der Waals surface area contributed by atoms with Gasteiger partial charge < -0.3 is 26.1 Å². The van der Waals surface area contributed by atoms with Crippen LogP contribution in [0.4, 0.5) is 16.3 Å². The lowest BCUT2D eigenvalue weighted by Gasteiger charge is -2.08. The van der Waals surface area contributed by atoms with Crippen molar-refractivity contribution in [3.8, 4) is 6.01 Å². The predicted octanol–water partition coefficient (Wildman–Crippen LogP) is 1.68. The number of urea groups is 1. The van der Waals surface area contributed by atoms with Crippen LogP contribution in [-0.2, 0) is 6.54 Å². The molecule has 2 amide bonds. The number of H-pyrrole nitrogens is 1. The Morgan fingerprint density at radius 3 is 2.71 bits per heavy atom. The van der Waals surface area contributed by atoms with Gasteiger partial charge in [0.05, 0.1) is 13.2 Å². The van der Waals surface area contributed by atoms with E-state index in [0.717, 1.165) is 18.4 Å². The van der Waals surface area contributed by atoms with Gasteiger partial charge in [-0.2, -0.15) is 9.97 Å². The van der Waals surface area contributed by atoms with E-state index >= 15 is 0 Å².